The third-order valence-corrected chi connectivity index (χ3v) is 3.91. The molecule has 2 unspecified atom stereocenters. The molecule has 1 aliphatic carbocycles. The van der Waals surface area contributed by atoms with Crippen molar-refractivity contribution in [2.45, 2.75) is 46.1 Å². The Kier molecular flexibility index (Phi) is 4.18. The van der Waals surface area contributed by atoms with E-state index in [-0.39, 0.29) is 0 Å². The van der Waals surface area contributed by atoms with E-state index >= 15 is 0 Å². The van der Waals surface area contributed by atoms with Crippen molar-refractivity contribution < 1.29 is 0 Å². The molecule has 0 aromatic carbocycles. The molecule has 1 nitrogen and oxygen atoms in total. The molecule has 1 heteroatoms. The third kappa shape index (κ3) is 2.60. The van der Waals surface area contributed by atoms with Gasteiger partial charge >= 0.3 is 0 Å². The predicted octanol–water partition coefficient (Wildman–Crippen LogP) is 3.22. The molecule has 1 fully saturated rings. The van der Waals surface area contributed by atoms with Crippen LogP contribution in [0.5, 0.6) is 0 Å². The molecule has 0 amide bonds. The van der Waals surface area contributed by atoms with Crippen molar-refractivity contribution >= 4 is 0 Å². The Bertz CT molecular complexity index is 189. The predicted molar refractivity (Wildman–Crippen MR) is 63.3 cm³/mol. The van der Waals surface area contributed by atoms with Crippen molar-refractivity contribution in [2.75, 3.05) is 7.05 Å². The SMILES string of the molecule is C=C(C(C)C1CC1)[C@H](C)C(CC)NC. The summed E-state index contributed by atoms with van der Waals surface area (Å²) in [6, 6.07) is 0.601. The summed E-state index contributed by atoms with van der Waals surface area (Å²) in [5, 5.41) is 3.39. The summed E-state index contributed by atoms with van der Waals surface area (Å²) < 4.78 is 0. The van der Waals surface area contributed by atoms with Crippen molar-refractivity contribution in [3.8, 4) is 0 Å². The van der Waals surface area contributed by atoms with Gasteiger partial charge in [0.05, 0.1) is 0 Å². The van der Waals surface area contributed by atoms with Crippen LogP contribution in [0, 0.1) is 17.8 Å². The smallest absolute Gasteiger partial charge is 0.0124 e. The lowest BCUT2D eigenvalue weighted by molar-refractivity contribution is 0.393. The first-order chi connectivity index (χ1) is 6.61. The minimum atomic E-state index is 0.601. The largest absolute Gasteiger partial charge is 0.316 e. The number of nitrogens with one attached hydrogen (secondary N) is 1. The van der Waals surface area contributed by atoms with E-state index < -0.39 is 0 Å². The molecule has 0 bridgehead atoms. The summed E-state index contributed by atoms with van der Waals surface area (Å²) in [4.78, 5) is 0. The van der Waals surface area contributed by atoms with E-state index in [9.17, 15) is 0 Å². The third-order valence-electron chi connectivity index (χ3n) is 3.91. The molecule has 3 atom stereocenters. The second-order valence-electron chi connectivity index (χ2n) is 4.79. The van der Waals surface area contributed by atoms with E-state index in [4.69, 9.17) is 0 Å². The molecule has 1 rings (SSSR count). The van der Waals surface area contributed by atoms with Crippen LogP contribution >= 0.6 is 0 Å². The molecule has 1 saturated carbocycles. The first kappa shape index (κ1) is 11.8. The average molecular weight is 195 g/mol. The molecule has 1 aliphatic rings. The molecule has 14 heavy (non-hydrogen) atoms. The van der Waals surface area contributed by atoms with Crippen molar-refractivity contribution in [1.82, 2.24) is 5.32 Å². The van der Waals surface area contributed by atoms with E-state index in [0.29, 0.717) is 12.0 Å². The van der Waals surface area contributed by atoms with E-state index in [1.165, 1.54) is 24.8 Å². The Morgan fingerprint density at radius 1 is 1.43 bits per heavy atom. The molecular formula is C13H25N. The average Bonchev–Trinajstić information content (AvgIpc) is 3.00. The Balaban J connectivity index is 2.48. The van der Waals surface area contributed by atoms with Crippen LogP contribution in [-0.2, 0) is 0 Å². The summed E-state index contributed by atoms with van der Waals surface area (Å²) in [6.45, 7) is 11.2. The van der Waals surface area contributed by atoms with Crippen LogP contribution < -0.4 is 5.32 Å². The number of rotatable bonds is 6. The van der Waals surface area contributed by atoms with Gasteiger partial charge in [-0.3, -0.25) is 0 Å². The minimum absolute atomic E-state index is 0.601. The second kappa shape index (κ2) is 4.97. The van der Waals surface area contributed by atoms with Gasteiger partial charge in [-0.15, -0.1) is 0 Å². The lowest BCUT2D eigenvalue weighted by atomic mass is 9.83. The quantitative estimate of drug-likeness (QED) is 0.642. The lowest BCUT2D eigenvalue weighted by Gasteiger charge is -2.27. The van der Waals surface area contributed by atoms with Gasteiger partial charge in [0.25, 0.3) is 0 Å². The van der Waals surface area contributed by atoms with Crippen molar-refractivity contribution in [3.63, 3.8) is 0 Å². The normalized spacial score (nSPS) is 22.9. The highest BCUT2D eigenvalue weighted by Gasteiger charge is 2.32. The molecule has 0 spiro atoms. The fourth-order valence-electron chi connectivity index (χ4n) is 2.38. The molecule has 0 aliphatic heterocycles. The molecule has 0 saturated heterocycles. The van der Waals surface area contributed by atoms with Gasteiger partial charge in [0, 0.05) is 6.04 Å². The highest BCUT2D eigenvalue weighted by Crippen LogP contribution is 2.42. The fourth-order valence-corrected chi connectivity index (χ4v) is 2.38. The van der Waals surface area contributed by atoms with Gasteiger partial charge in [-0.25, -0.2) is 0 Å². The van der Waals surface area contributed by atoms with Crippen LogP contribution in [0.25, 0.3) is 0 Å². The zero-order chi connectivity index (χ0) is 10.7. The topological polar surface area (TPSA) is 12.0 Å². The molecule has 0 heterocycles. The van der Waals surface area contributed by atoms with E-state index in [2.05, 4.69) is 39.7 Å². The number of hydrogen-bond donors (Lipinski definition) is 1. The lowest BCUT2D eigenvalue weighted by Crippen LogP contribution is -2.33. The highest BCUT2D eigenvalue weighted by atomic mass is 14.9. The van der Waals surface area contributed by atoms with Gasteiger partial charge in [0.1, 0.15) is 0 Å². The van der Waals surface area contributed by atoms with Crippen LogP contribution in [0.3, 0.4) is 0 Å². The van der Waals surface area contributed by atoms with Crippen LogP contribution in [-0.4, -0.2) is 13.1 Å². The van der Waals surface area contributed by atoms with Gasteiger partial charge in [-0.05, 0) is 44.1 Å². The molecule has 0 aromatic heterocycles. The van der Waals surface area contributed by atoms with Crippen molar-refractivity contribution in [2.24, 2.45) is 17.8 Å². The second-order valence-corrected chi connectivity index (χ2v) is 4.79. The summed E-state index contributed by atoms with van der Waals surface area (Å²) in [5.74, 6) is 2.28. The van der Waals surface area contributed by atoms with Crippen LogP contribution in [0.4, 0.5) is 0 Å². The summed E-state index contributed by atoms with van der Waals surface area (Å²) in [7, 11) is 2.06. The number of hydrogen-bond acceptors (Lipinski definition) is 1. The van der Waals surface area contributed by atoms with E-state index in [1.54, 1.807) is 0 Å². The maximum atomic E-state index is 4.29. The van der Waals surface area contributed by atoms with Gasteiger partial charge in [-0.2, -0.15) is 0 Å². The molecule has 82 valence electrons. The Hall–Kier alpha value is -0.300. The van der Waals surface area contributed by atoms with Crippen LogP contribution in [0.1, 0.15) is 40.0 Å². The Morgan fingerprint density at radius 2 is 2.00 bits per heavy atom. The fraction of sp³-hybridized carbons (Fsp3) is 0.846. The zero-order valence-corrected chi connectivity index (χ0v) is 10.1. The first-order valence-electron chi connectivity index (χ1n) is 5.97. The first-order valence-corrected chi connectivity index (χ1v) is 5.97. The summed E-state index contributed by atoms with van der Waals surface area (Å²) >= 11 is 0. The van der Waals surface area contributed by atoms with Gasteiger partial charge in [-0.1, -0.05) is 32.9 Å². The van der Waals surface area contributed by atoms with E-state index in [0.717, 1.165) is 11.8 Å². The van der Waals surface area contributed by atoms with Gasteiger partial charge in [0.2, 0.25) is 0 Å². The van der Waals surface area contributed by atoms with Crippen LogP contribution in [0.15, 0.2) is 12.2 Å². The summed E-state index contributed by atoms with van der Waals surface area (Å²) in [5.41, 5.74) is 1.45. The molecule has 0 aromatic rings. The van der Waals surface area contributed by atoms with Gasteiger partial charge in [0.15, 0.2) is 0 Å². The monoisotopic (exact) mass is 195 g/mol. The maximum absolute atomic E-state index is 4.29. The highest BCUT2D eigenvalue weighted by molar-refractivity contribution is 5.10. The van der Waals surface area contributed by atoms with E-state index in [1.807, 2.05) is 0 Å². The Labute approximate surface area is 89.0 Å². The standard InChI is InChI=1S/C13H25N/c1-6-13(14-5)11(4)9(2)10(3)12-7-8-12/h10-14H,2,6-8H2,1,3-5H3/t10?,11-,13?/m0/s1. The van der Waals surface area contributed by atoms with Crippen molar-refractivity contribution in [1.29, 1.82) is 0 Å². The summed E-state index contributed by atoms with van der Waals surface area (Å²) in [6.07, 6.45) is 4.03. The van der Waals surface area contributed by atoms with Crippen LogP contribution in [0.2, 0.25) is 0 Å². The molecule has 0 radical (unpaired) electrons. The zero-order valence-electron chi connectivity index (χ0n) is 10.1. The molecular weight excluding hydrogens is 170 g/mol. The molecule has 1 N–H and O–H groups in total. The Morgan fingerprint density at radius 3 is 2.36 bits per heavy atom. The van der Waals surface area contributed by atoms with Crippen molar-refractivity contribution in [3.05, 3.63) is 12.2 Å². The minimum Gasteiger partial charge on any atom is -0.316 e. The maximum Gasteiger partial charge on any atom is 0.0124 e. The van der Waals surface area contributed by atoms with Gasteiger partial charge < -0.3 is 5.32 Å².